The minimum atomic E-state index is -0.762. The second kappa shape index (κ2) is 8.99. The van der Waals surface area contributed by atoms with Crippen molar-refractivity contribution in [2.45, 2.75) is 31.7 Å². The molecule has 30 heavy (non-hydrogen) atoms. The number of anilines is 1. The number of hydrogen-bond acceptors (Lipinski definition) is 3. The molecule has 0 bridgehead atoms. The predicted octanol–water partition coefficient (Wildman–Crippen LogP) is 5.65. The summed E-state index contributed by atoms with van der Waals surface area (Å²) >= 11 is 0. The van der Waals surface area contributed by atoms with Crippen molar-refractivity contribution in [3.8, 4) is 11.5 Å². The molecular formula is C25H24FNO3. The third-order valence-electron chi connectivity index (χ3n) is 5.44. The Labute approximate surface area is 175 Å². The van der Waals surface area contributed by atoms with E-state index in [4.69, 9.17) is 9.84 Å². The Balaban J connectivity index is 1.43. The highest BCUT2D eigenvalue weighted by atomic mass is 19.1. The van der Waals surface area contributed by atoms with Crippen molar-refractivity contribution >= 4 is 11.7 Å². The lowest BCUT2D eigenvalue weighted by Gasteiger charge is -2.25. The molecule has 1 heterocycles. The molecule has 3 aromatic rings. The summed E-state index contributed by atoms with van der Waals surface area (Å²) in [4.78, 5) is 13.2. The zero-order valence-electron chi connectivity index (χ0n) is 16.6. The van der Waals surface area contributed by atoms with Gasteiger partial charge in [-0.1, -0.05) is 30.3 Å². The maximum absolute atomic E-state index is 13.9. The van der Waals surface area contributed by atoms with Crippen LogP contribution in [0.15, 0.2) is 72.8 Å². The van der Waals surface area contributed by atoms with Crippen LogP contribution in [0.25, 0.3) is 0 Å². The van der Waals surface area contributed by atoms with E-state index in [2.05, 4.69) is 4.90 Å². The van der Waals surface area contributed by atoms with E-state index in [1.54, 1.807) is 12.1 Å². The standard InChI is InChI=1S/C25H24FNO3/c26-24-9-2-1-6-19(24)15-18-5-3-8-23(16-18)30-22-12-10-20(11-13-22)27-14-4-7-21(27)17-25(28)29/h1-3,5-6,8-13,16,21H,4,7,14-15,17H2,(H,28,29)/t21-/m0/s1. The summed E-state index contributed by atoms with van der Waals surface area (Å²) in [5.74, 6) is 0.432. The molecule has 1 atom stereocenters. The minimum absolute atomic E-state index is 0.0457. The Hall–Kier alpha value is -3.34. The second-order valence-corrected chi connectivity index (χ2v) is 7.60. The van der Waals surface area contributed by atoms with E-state index in [1.807, 2.05) is 54.6 Å². The smallest absolute Gasteiger partial charge is 0.305 e. The summed E-state index contributed by atoms with van der Waals surface area (Å²) in [7, 11) is 0. The van der Waals surface area contributed by atoms with Crippen LogP contribution in [-0.4, -0.2) is 23.7 Å². The molecule has 0 aliphatic carbocycles. The zero-order valence-corrected chi connectivity index (χ0v) is 16.6. The van der Waals surface area contributed by atoms with Gasteiger partial charge in [0.05, 0.1) is 6.42 Å². The molecule has 0 saturated carbocycles. The first-order valence-electron chi connectivity index (χ1n) is 10.2. The zero-order chi connectivity index (χ0) is 20.9. The minimum Gasteiger partial charge on any atom is -0.481 e. The quantitative estimate of drug-likeness (QED) is 0.552. The third kappa shape index (κ3) is 4.79. The number of rotatable bonds is 7. The topological polar surface area (TPSA) is 49.8 Å². The number of carboxylic acid groups (broad SMARTS) is 1. The number of halogens is 1. The number of aliphatic carboxylic acids is 1. The van der Waals surface area contributed by atoms with E-state index in [-0.39, 0.29) is 18.3 Å². The van der Waals surface area contributed by atoms with Crippen molar-refractivity contribution in [1.82, 2.24) is 0 Å². The number of nitrogens with zero attached hydrogens (tertiary/aromatic N) is 1. The summed E-state index contributed by atoms with van der Waals surface area (Å²) in [5.41, 5.74) is 2.64. The number of carbonyl (C=O) groups is 1. The largest absolute Gasteiger partial charge is 0.481 e. The predicted molar refractivity (Wildman–Crippen MR) is 115 cm³/mol. The Morgan fingerprint density at radius 1 is 1.03 bits per heavy atom. The van der Waals surface area contributed by atoms with Gasteiger partial charge < -0.3 is 14.7 Å². The van der Waals surface area contributed by atoms with Crippen LogP contribution in [0.4, 0.5) is 10.1 Å². The fourth-order valence-corrected chi connectivity index (χ4v) is 4.01. The van der Waals surface area contributed by atoms with Crippen molar-refractivity contribution in [3.05, 3.63) is 89.7 Å². The van der Waals surface area contributed by atoms with Crippen molar-refractivity contribution in [2.75, 3.05) is 11.4 Å². The van der Waals surface area contributed by atoms with E-state index in [9.17, 15) is 9.18 Å². The highest BCUT2D eigenvalue weighted by Gasteiger charge is 2.26. The van der Waals surface area contributed by atoms with Gasteiger partial charge in [0.1, 0.15) is 17.3 Å². The Morgan fingerprint density at radius 2 is 1.83 bits per heavy atom. The maximum atomic E-state index is 13.9. The van der Waals surface area contributed by atoms with Gasteiger partial charge in [0.25, 0.3) is 0 Å². The van der Waals surface area contributed by atoms with E-state index < -0.39 is 5.97 Å². The summed E-state index contributed by atoms with van der Waals surface area (Å²) < 4.78 is 19.9. The Morgan fingerprint density at radius 3 is 2.60 bits per heavy atom. The first-order chi connectivity index (χ1) is 14.6. The molecule has 0 spiro atoms. The highest BCUT2D eigenvalue weighted by Crippen LogP contribution is 2.30. The molecule has 0 radical (unpaired) electrons. The van der Waals surface area contributed by atoms with Gasteiger partial charge in [-0.15, -0.1) is 0 Å². The van der Waals surface area contributed by atoms with Crippen molar-refractivity contribution in [2.24, 2.45) is 0 Å². The molecule has 0 amide bonds. The molecule has 0 aromatic heterocycles. The van der Waals surface area contributed by atoms with Crippen molar-refractivity contribution in [3.63, 3.8) is 0 Å². The van der Waals surface area contributed by atoms with E-state index in [0.29, 0.717) is 23.5 Å². The van der Waals surface area contributed by atoms with Gasteiger partial charge in [-0.2, -0.15) is 0 Å². The van der Waals surface area contributed by atoms with E-state index >= 15 is 0 Å². The van der Waals surface area contributed by atoms with Crippen molar-refractivity contribution in [1.29, 1.82) is 0 Å². The van der Waals surface area contributed by atoms with Gasteiger partial charge in [-0.3, -0.25) is 4.79 Å². The molecule has 154 valence electrons. The van der Waals surface area contributed by atoms with Crippen LogP contribution in [0.1, 0.15) is 30.4 Å². The van der Waals surface area contributed by atoms with Gasteiger partial charge in [-0.05, 0) is 66.4 Å². The molecule has 5 heteroatoms. The highest BCUT2D eigenvalue weighted by molar-refractivity contribution is 5.69. The van der Waals surface area contributed by atoms with Crippen LogP contribution in [0.2, 0.25) is 0 Å². The molecule has 1 aliphatic rings. The lowest BCUT2D eigenvalue weighted by Crippen LogP contribution is -2.31. The van der Waals surface area contributed by atoms with Crippen LogP contribution in [-0.2, 0) is 11.2 Å². The molecule has 1 N–H and O–H groups in total. The third-order valence-corrected chi connectivity index (χ3v) is 5.44. The van der Waals surface area contributed by atoms with Gasteiger partial charge in [-0.25, -0.2) is 4.39 Å². The van der Waals surface area contributed by atoms with Crippen LogP contribution in [0.3, 0.4) is 0 Å². The maximum Gasteiger partial charge on any atom is 0.305 e. The van der Waals surface area contributed by atoms with Crippen LogP contribution in [0, 0.1) is 5.82 Å². The molecular weight excluding hydrogens is 381 g/mol. The van der Waals surface area contributed by atoms with Gasteiger partial charge in [0.2, 0.25) is 0 Å². The molecule has 4 rings (SSSR count). The molecule has 0 unspecified atom stereocenters. The number of benzene rings is 3. The molecule has 1 fully saturated rings. The fraction of sp³-hybridized carbons (Fsp3) is 0.240. The van der Waals surface area contributed by atoms with Crippen LogP contribution in [0.5, 0.6) is 11.5 Å². The fourth-order valence-electron chi connectivity index (χ4n) is 4.01. The molecule has 3 aromatic carbocycles. The lowest BCUT2D eigenvalue weighted by atomic mass is 10.0. The van der Waals surface area contributed by atoms with Gasteiger partial charge >= 0.3 is 5.97 Å². The molecule has 1 aliphatic heterocycles. The van der Waals surface area contributed by atoms with Crippen molar-refractivity contribution < 1.29 is 19.0 Å². The Kier molecular flexibility index (Phi) is 5.98. The second-order valence-electron chi connectivity index (χ2n) is 7.60. The first kappa shape index (κ1) is 20.0. The van der Waals surface area contributed by atoms with Crippen LogP contribution < -0.4 is 9.64 Å². The van der Waals surface area contributed by atoms with E-state index in [1.165, 1.54) is 6.07 Å². The average molecular weight is 405 g/mol. The number of ether oxygens (including phenoxy) is 1. The number of carboxylic acids is 1. The summed E-state index contributed by atoms with van der Waals surface area (Å²) in [6, 6.07) is 22.2. The monoisotopic (exact) mass is 405 g/mol. The summed E-state index contributed by atoms with van der Waals surface area (Å²) in [6.45, 7) is 0.871. The van der Waals surface area contributed by atoms with E-state index in [0.717, 1.165) is 30.6 Å². The number of hydrogen-bond donors (Lipinski definition) is 1. The van der Waals surface area contributed by atoms with Crippen LogP contribution >= 0.6 is 0 Å². The summed E-state index contributed by atoms with van der Waals surface area (Å²) in [5, 5.41) is 9.11. The van der Waals surface area contributed by atoms with Gasteiger partial charge in [0.15, 0.2) is 0 Å². The Bertz CT molecular complexity index is 1020. The molecule has 1 saturated heterocycles. The summed E-state index contributed by atoms with van der Waals surface area (Å²) in [6.07, 6.45) is 2.57. The SMILES string of the molecule is O=C(O)C[C@@H]1CCCN1c1ccc(Oc2cccc(Cc3ccccc3F)c2)cc1. The average Bonchev–Trinajstić information content (AvgIpc) is 3.18. The van der Waals surface area contributed by atoms with Gasteiger partial charge in [0, 0.05) is 24.7 Å². The molecule has 4 nitrogen and oxygen atoms in total. The lowest BCUT2D eigenvalue weighted by molar-refractivity contribution is -0.137. The normalized spacial score (nSPS) is 15.9. The first-order valence-corrected chi connectivity index (χ1v) is 10.2.